The predicted octanol–water partition coefficient (Wildman–Crippen LogP) is 7.77. The molecule has 0 nitrogen and oxygen atoms in total. The Morgan fingerprint density at radius 1 is 0.769 bits per heavy atom. The molecule has 0 amide bonds. The third kappa shape index (κ3) is 5.22. The fourth-order valence-corrected chi connectivity index (χ4v) is 4.46. The van der Waals surface area contributed by atoms with Crippen LogP contribution in [0.3, 0.4) is 0 Å². The van der Waals surface area contributed by atoms with Crippen LogP contribution in [0.25, 0.3) is 11.1 Å². The van der Waals surface area contributed by atoms with Crippen molar-refractivity contribution in [2.75, 3.05) is 0 Å². The fourth-order valence-electron chi connectivity index (χ4n) is 4.46. The second-order valence-corrected chi connectivity index (χ2v) is 8.24. The molecule has 0 fully saturated rings. The van der Waals surface area contributed by atoms with E-state index in [2.05, 4.69) is 56.3 Å². The maximum atomic E-state index is 2.46. The zero-order chi connectivity index (χ0) is 18.2. The van der Waals surface area contributed by atoms with Crippen LogP contribution in [-0.4, -0.2) is 0 Å². The Kier molecular flexibility index (Phi) is 7.35. The van der Waals surface area contributed by atoms with Crippen LogP contribution in [0.1, 0.15) is 81.9 Å². The number of unbranched alkanes of at least 4 members (excludes halogenated alkanes) is 4. The van der Waals surface area contributed by atoms with E-state index in [1.807, 2.05) is 0 Å². The minimum atomic E-state index is 0.912. The van der Waals surface area contributed by atoms with E-state index in [4.69, 9.17) is 0 Å². The monoisotopic (exact) mass is 348 g/mol. The van der Waals surface area contributed by atoms with Crippen LogP contribution < -0.4 is 0 Å². The van der Waals surface area contributed by atoms with Crippen molar-refractivity contribution in [1.82, 2.24) is 0 Å². The number of fused-ring (bicyclic) bond motifs is 1. The van der Waals surface area contributed by atoms with Crippen molar-refractivity contribution in [2.45, 2.75) is 84.5 Å². The molecule has 2 aromatic carbocycles. The lowest BCUT2D eigenvalue weighted by molar-refractivity contribution is 0.423. The molecule has 140 valence electrons. The molecule has 1 aliphatic carbocycles. The number of aryl methyl sites for hydroxylation is 2. The van der Waals surface area contributed by atoms with Crippen molar-refractivity contribution in [3.05, 3.63) is 59.2 Å². The highest BCUT2D eigenvalue weighted by atomic mass is 14.2. The van der Waals surface area contributed by atoms with Gasteiger partial charge in [0.25, 0.3) is 0 Å². The van der Waals surface area contributed by atoms with Crippen molar-refractivity contribution < 1.29 is 0 Å². The molecule has 0 aliphatic heterocycles. The smallest absolute Gasteiger partial charge is 0.0181 e. The van der Waals surface area contributed by atoms with E-state index in [0.717, 1.165) is 5.92 Å². The number of hydrogen-bond acceptors (Lipinski definition) is 0. The fraction of sp³-hybridized carbons (Fsp3) is 0.538. The Morgan fingerprint density at radius 2 is 1.54 bits per heavy atom. The molecule has 0 saturated heterocycles. The Bertz CT molecular complexity index is 665. The van der Waals surface area contributed by atoms with Crippen molar-refractivity contribution in [3.63, 3.8) is 0 Å². The van der Waals surface area contributed by atoms with Gasteiger partial charge in [-0.3, -0.25) is 0 Å². The highest BCUT2D eigenvalue weighted by Gasteiger charge is 2.18. The lowest BCUT2D eigenvalue weighted by atomic mass is 9.81. The predicted molar refractivity (Wildman–Crippen MR) is 115 cm³/mol. The van der Waals surface area contributed by atoms with Gasteiger partial charge in [-0.25, -0.2) is 0 Å². The number of benzene rings is 2. The molecule has 0 saturated carbocycles. The van der Waals surface area contributed by atoms with E-state index in [-0.39, 0.29) is 0 Å². The van der Waals surface area contributed by atoms with E-state index >= 15 is 0 Å². The van der Waals surface area contributed by atoms with Gasteiger partial charge in [0, 0.05) is 0 Å². The van der Waals surface area contributed by atoms with Crippen LogP contribution in [0.15, 0.2) is 42.5 Å². The van der Waals surface area contributed by atoms with E-state index in [1.165, 1.54) is 87.3 Å². The van der Waals surface area contributed by atoms with Crippen LogP contribution in [0.5, 0.6) is 0 Å². The summed E-state index contributed by atoms with van der Waals surface area (Å²) in [5.74, 6) is 0.912. The first-order chi connectivity index (χ1) is 12.8. The first-order valence-corrected chi connectivity index (χ1v) is 11.0. The molecular weight excluding hydrogens is 312 g/mol. The summed E-state index contributed by atoms with van der Waals surface area (Å²) in [4.78, 5) is 0. The van der Waals surface area contributed by atoms with Crippen LogP contribution in [0, 0.1) is 5.92 Å². The van der Waals surface area contributed by atoms with Gasteiger partial charge in [-0.15, -0.1) is 0 Å². The van der Waals surface area contributed by atoms with Crippen LogP contribution in [-0.2, 0) is 19.3 Å². The van der Waals surface area contributed by atoms with Gasteiger partial charge in [0.05, 0.1) is 0 Å². The largest absolute Gasteiger partial charge is 0.0654 e. The Labute approximate surface area is 161 Å². The van der Waals surface area contributed by atoms with Crippen molar-refractivity contribution >= 4 is 0 Å². The zero-order valence-corrected chi connectivity index (χ0v) is 16.9. The van der Waals surface area contributed by atoms with E-state index in [0.29, 0.717) is 0 Å². The van der Waals surface area contributed by atoms with E-state index in [1.54, 1.807) is 11.1 Å². The standard InChI is InChI=1S/C26H36/c1-3-5-6-7-8-10-21-11-14-23(15-12-21)25-18-17-24-19-22(9-4-2)13-16-26(24)20-25/h11-12,14-15,17-18,20,22H,3-10,13,16,19H2,1-2H3. The summed E-state index contributed by atoms with van der Waals surface area (Å²) < 4.78 is 0. The minimum absolute atomic E-state index is 0.912. The van der Waals surface area contributed by atoms with Gasteiger partial charge in [-0.2, -0.15) is 0 Å². The van der Waals surface area contributed by atoms with Crippen molar-refractivity contribution in [3.8, 4) is 11.1 Å². The van der Waals surface area contributed by atoms with Gasteiger partial charge >= 0.3 is 0 Å². The molecule has 0 N–H and O–H groups in total. The average molecular weight is 349 g/mol. The Hall–Kier alpha value is -1.56. The van der Waals surface area contributed by atoms with Gasteiger partial charge in [0.2, 0.25) is 0 Å². The summed E-state index contributed by atoms with van der Waals surface area (Å²) in [6.07, 6.45) is 14.7. The van der Waals surface area contributed by atoms with Gasteiger partial charge in [0.15, 0.2) is 0 Å². The second-order valence-electron chi connectivity index (χ2n) is 8.24. The molecule has 0 radical (unpaired) electrons. The molecule has 26 heavy (non-hydrogen) atoms. The summed E-state index contributed by atoms with van der Waals surface area (Å²) in [5.41, 5.74) is 7.45. The topological polar surface area (TPSA) is 0 Å². The first kappa shape index (κ1) is 19.2. The molecule has 0 bridgehead atoms. The molecule has 1 unspecified atom stereocenters. The van der Waals surface area contributed by atoms with Crippen LogP contribution in [0.2, 0.25) is 0 Å². The quantitative estimate of drug-likeness (QED) is 0.406. The van der Waals surface area contributed by atoms with E-state index < -0.39 is 0 Å². The van der Waals surface area contributed by atoms with Gasteiger partial charge in [-0.1, -0.05) is 94.8 Å². The maximum Gasteiger partial charge on any atom is -0.0181 e. The molecule has 3 rings (SSSR count). The molecule has 2 aromatic rings. The number of rotatable bonds is 9. The molecule has 0 aromatic heterocycles. The Morgan fingerprint density at radius 3 is 2.31 bits per heavy atom. The normalized spacial score (nSPS) is 16.5. The van der Waals surface area contributed by atoms with Crippen LogP contribution in [0.4, 0.5) is 0 Å². The van der Waals surface area contributed by atoms with Gasteiger partial charge in [-0.05, 0) is 65.8 Å². The molecule has 0 heteroatoms. The van der Waals surface area contributed by atoms with Crippen LogP contribution >= 0.6 is 0 Å². The summed E-state index contributed by atoms with van der Waals surface area (Å²) >= 11 is 0. The maximum absolute atomic E-state index is 2.46. The second kappa shape index (κ2) is 9.95. The summed E-state index contributed by atoms with van der Waals surface area (Å²) in [5, 5.41) is 0. The summed E-state index contributed by atoms with van der Waals surface area (Å²) in [6, 6.07) is 16.5. The molecule has 1 aliphatic rings. The zero-order valence-electron chi connectivity index (χ0n) is 16.9. The molecule has 0 spiro atoms. The van der Waals surface area contributed by atoms with E-state index in [9.17, 15) is 0 Å². The van der Waals surface area contributed by atoms with Gasteiger partial charge < -0.3 is 0 Å². The molecule has 0 heterocycles. The third-order valence-electron chi connectivity index (χ3n) is 6.09. The highest BCUT2D eigenvalue weighted by molar-refractivity contribution is 5.65. The minimum Gasteiger partial charge on any atom is -0.0654 e. The SMILES string of the molecule is CCCCCCCc1ccc(-c2ccc3c(c2)CCC(CCC)C3)cc1. The lowest BCUT2D eigenvalue weighted by Gasteiger charge is -2.25. The summed E-state index contributed by atoms with van der Waals surface area (Å²) in [6.45, 7) is 4.59. The number of hydrogen-bond donors (Lipinski definition) is 0. The molecule has 1 atom stereocenters. The van der Waals surface area contributed by atoms with Crippen molar-refractivity contribution in [1.29, 1.82) is 0 Å². The first-order valence-electron chi connectivity index (χ1n) is 11.0. The molecular formula is C26H36. The van der Waals surface area contributed by atoms with Gasteiger partial charge in [0.1, 0.15) is 0 Å². The highest BCUT2D eigenvalue weighted by Crippen LogP contribution is 2.31. The summed E-state index contributed by atoms with van der Waals surface area (Å²) in [7, 11) is 0. The van der Waals surface area contributed by atoms with Crippen molar-refractivity contribution in [2.24, 2.45) is 5.92 Å². The third-order valence-corrected chi connectivity index (χ3v) is 6.09. The Balaban J connectivity index is 1.59. The average Bonchev–Trinajstić information content (AvgIpc) is 2.68. The lowest BCUT2D eigenvalue weighted by Crippen LogP contribution is -2.14.